The lowest BCUT2D eigenvalue weighted by atomic mass is 10.3. The number of benzene rings is 1. The number of aromatic nitrogens is 2. The standard InChI is InChI=1S/C11H12BrN3O/c1-2-15-10(13)7-14-11(15)16-9-5-3-4-8(12)6-9/h3-7H,2,13H2,1H3. The Labute approximate surface area is 102 Å². The molecule has 2 N–H and O–H groups in total. The summed E-state index contributed by atoms with van der Waals surface area (Å²) in [5.74, 6) is 1.34. The minimum atomic E-state index is 0.512. The van der Waals surface area contributed by atoms with Gasteiger partial charge in [-0.15, -0.1) is 0 Å². The monoisotopic (exact) mass is 281 g/mol. The maximum atomic E-state index is 5.75. The van der Waals surface area contributed by atoms with Crippen molar-refractivity contribution in [3.63, 3.8) is 0 Å². The molecule has 0 aliphatic carbocycles. The first kappa shape index (κ1) is 11.0. The Morgan fingerprint density at radius 1 is 1.50 bits per heavy atom. The van der Waals surface area contributed by atoms with Gasteiger partial charge < -0.3 is 10.5 Å². The molecule has 0 atom stereocenters. The Balaban J connectivity index is 2.27. The van der Waals surface area contributed by atoms with Gasteiger partial charge in [0.25, 0.3) is 0 Å². The number of rotatable bonds is 3. The van der Waals surface area contributed by atoms with Crippen LogP contribution in [-0.4, -0.2) is 9.55 Å². The average Bonchev–Trinajstić information content (AvgIpc) is 2.59. The number of nitrogens with zero attached hydrogens (tertiary/aromatic N) is 2. The van der Waals surface area contributed by atoms with Crippen LogP contribution in [0.25, 0.3) is 0 Å². The third-order valence-electron chi connectivity index (χ3n) is 2.17. The van der Waals surface area contributed by atoms with Gasteiger partial charge in [0.05, 0.1) is 6.20 Å². The van der Waals surface area contributed by atoms with E-state index < -0.39 is 0 Å². The number of nitrogens with two attached hydrogens (primary N) is 1. The minimum absolute atomic E-state index is 0.512. The molecule has 0 saturated heterocycles. The Morgan fingerprint density at radius 3 is 3.00 bits per heavy atom. The van der Waals surface area contributed by atoms with Crippen LogP contribution in [0.1, 0.15) is 6.92 Å². The largest absolute Gasteiger partial charge is 0.425 e. The topological polar surface area (TPSA) is 53.1 Å². The molecule has 2 rings (SSSR count). The van der Waals surface area contributed by atoms with Crippen molar-refractivity contribution in [2.45, 2.75) is 13.5 Å². The summed E-state index contributed by atoms with van der Waals surface area (Å²) in [6.45, 7) is 2.72. The summed E-state index contributed by atoms with van der Waals surface area (Å²) in [7, 11) is 0. The van der Waals surface area contributed by atoms with Crippen LogP contribution in [0.5, 0.6) is 11.8 Å². The highest BCUT2D eigenvalue weighted by atomic mass is 79.9. The fraction of sp³-hybridized carbons (Fsp3) is 0.182. The number of ether oxygens (including phenoxy) is 1. The fourth-order valence-electron chi connectivity index (χ4n) is 1.41. The van der Waals surface area contributed by atoms with E-state index in [0.29, 0.717) is 11.8 Å². The fourth-order valence-corrected chi connectivity index (χ4v) is 1.78. The molecule has 0 bridgehead atoms. The third-order valence-corrected chi connectivity index (χ3v) is 2.66. The number of halogens is 1. The first-order valence-corrected chi connectivity index (χ1v) is 5.74. The van der Waals surface area contributed by atoms with Gasteiger partial charge in [-0.3, -0.25) is 4.57 Å². The van der Waals surface area contributed by atoms with E-state index in [0.717, 1.165) is 16.8 Å². The van der Waals surface area contributed by atoms with Crippen LogP contribution in [0.2, 0.25) is 0 Å². The summed E-state index contributed by atoms with van der Waals surface area (Å²) in [6, 6.07) is 8.11. The van der Waals surface area contributed by atoms with Gasteiger partial charge in [0.15, 0.2) is 0 Å². The molecule has 1 aromatic heterocycles. The van der Waals surface area contributed by atoms with Crippen molar-refractivity contribution in [2.75, 3.05) is 5.73 Å². The third kappa shape index (κ3) is 2.19. The van der Waals surface area contributed by atoms with Crippen molar-refractivity contribution in [1.82, 2.24) is 9.55 Å². The van der Waals surface area contributed by atoms with E-state index in [9.17, 15) is 0 Å². The molecule has 84 valence electrons. The maximum absolute atomic E-state index is 5.75. The van der Waals surface area contributed by atoms with Gasteiger partial charge in [0.1, 0.15) is 11.6 Å². The Hall–Kier alpha value is -1.49. The van der Waals surface area contributed by atoms with Crippen LogP contribution in [0.3, 0.4) is 0 Å². The van der Waals surface area contributed by atoms with Crippen molar-refractivity contribution in [2.24, 2.45) is 0 Å². The molecule has 0 spiro atoms. The zero-order chi connectivity index (χ0) is 11.5. The molecule has 1 aromatic carbocycles. The van der Waals surface area contributed by atoms with Crippen LogP contribution >= 0.6 is 15.9 Å². The van der Waals surface area contributed by atoms with Crippen molar-refractivity contribution < 1.29 is 4.74 Å². The highest BCUT2D eigenvalue weighted by Crippen LogP contribution is 2.24. The summed E-state index contributed by atoms with van der Waals surface area (Å²) >= 11 is 3.38. The van der Waals surface area contributed by atoms with E-state index in [1.54, 1.807) is 10.8 Å². The van der Waals surface area contributed by atoms with Crippen molar-refractivity contribution in [3.8, 4) is 11.8 Å². The SMILES string of the molecule is CCn1c(N)cnc1Oc1cccc(Br)c1. The highest BCUT2D eigenvalue weighted by Gasteiger charge is 2.08. The highest BCUT2D eigenvalue weighted by molar-refractivity contribution is 9.10. The van der Waals surface area contributed by atoms with E-state index in [-0.39, 0.29) is 0 Å². The van der Waals surface area contributed by atoms with Crippen molar-refractivity contribution in [1.29, 1.82) is 0 Å². The molecule has 0 unspecified atom stereocenters. The first-order valence-electron chi connectivity index (χ1n) is 4.95. The molecule has 0 radical (unpaired) electrons. The molecule has 1 heterocycles. The normalized spacial score (nSPS) is 10.4. The smallest absolute Gasteiger partial charge is 0.303 e. The van der Waals surface area contributed by atoms with Crippen molar-refractivity contribution >= 4 is 21.7 Å². The summed E-state index contributed by atoms with van der Waals surface area (Å²) in [6.07, 6.45) is 1.59. The van der Waals surface area contributed by atoms with Crippen LogP contribution in [0.15, 0.2) is 34.9 Å². The van der Waals surface area contributed by atoms with Gasteiger partial charge in [-0.1, -0.05) is 22.0 Å². The second kappa shape index (κ2) is 4.57. The molecule has 5 heteroatoms. The van der Waals surface area contributed by atoms with Gasteiger partial charge in [0, 0.05) is 11.0 Å². The molecule has 0 amide bonds. The zero-order valence-corrected chi connectivity index (χ0v) is 10.4. The maximum Gasteiger partial charge on any atom is 0.303 e. The minimum Gasteiger partial charge on any atom is -0.425 e. The molecule has 0 fully saturated rings. The first-order chi connectivity index (χ1) is 7.70. The summed E-state index contributed by atoms with van der Waals surface area (Å²) < 4.78 is 8.42. The summed E-state index contributed by atoms with van der Waals surface area (Å²) in [5.41, 5.74) is 5.75. The predicted octanol–water partition coefficient (Wildman–Crippen LogP) is 3.04. The van der Waals surface area contributed by atoms with E-state index in [4.69, 9.17) is 10.5 Å². The molecule has 0 aliphatic rings. The second-order valence-corrected chi connectivity index (χ2v) is 4.19. The van der Waals surface area contributed by atoms with Crippen LogP contribution < -0.4 is 10.5 Å². The predicted molar refractivity (Wildman–Crippen MR) is 66.5 cm³/mol. The van der Waals surface area contributed by atoms with Gasteiger partial charge >= 0.3 is 6.01 Å². The van der Waals surface area contributed by atoms with Crippen LogP contribution in [0, 0.1) is 0 Å². The van der Waals surface area contributed by atoms with Crippen LogP contribution in [-0.2, 0) is 6.54 Å². The quantitative estimate of drug-likeness (QED) is 0.941. The Morgan fingerprint density at radius 2 is 2.31 bits per heavy atom. The zero-order valence-electron chi connectivity index (χ0n) is 8.85. The number of hydrogen-bond acceptors (Lipinski definition) is 3. The van der Waals surface area contributed by atoms with Gasteiger partial charge in [-0.25, -0.2) is 4.98 Å². The average molecular weight is 282 g/mol. The van der Waals surface area contributed by atoms with E-state index in [2.05, 4.69) is 20.9 Å². The Bertz CT molecular complexity index is 496. The molecule has 4 nitrogen and oxygen atoms in total. The van der Waals surface area contributed by atoms with Gasteiger partial charge in [0.2, 0.25) is 0 Å². The lowest BCUT2D eigenvalue weighted by Crippen LogP contribution is -2.02. The van der Waals surface area contributed by atoms with Crippen LogP contribution in [0.4, 0.5) is 5.82 Å². The van der Waals surface area contributed by atoms with Crippen molar-refractivity contribution in [3.05, 3.63) is 34.9 Å². The summed E-state index contributed by atoms with van der Waals surface area (Å²) in [4.78, 5) is 4.11. The number of nitrogen functional groups attached to an aromatic ring is 1. The summed E-state index contributed by atoms with van der Waals surface area (Å²) in [5, 5.41) is 0. The Kier molecular flexibility index (Phi) is 3.14. The van der Waals surface area contributed by atoms with Gasteiger partial charge in [-0.2, -0.15) is 0 Å². The van der Waals surface area contributed by atoms with E-state index >= 15 is 0 Å². The molecule has 0 aliphatic heterocycles. The van der Waals surface area contributed by atoms with E-state index in [1.165, 1.54) is 0 Å². The number of imidazole rings is 1. The molecular formula is C11H12BrN3O. The molecule has 2 aromatic rings. The lowest BCUT2D eigenvalue weighted by molar-refractivity contribution is 0.416. The number of anilines is 1. The lowest BCUT2D eigenvalue weighted by Gasteiger charge is -2.07. The molecule has 0 saturated carbocycles. The van der Waals surface area contributed by atoms with E-state index in [1.807, 2.05) is 31.2 Å². The number of hydrogen-bond donors (Lipinski definition) is 1. The van der Waals surface area contributed by atoms with Gasteiger partial charge in [-0.05, 0) is 25.1 Å². The molecule has 16 heavy (non-hydrogen) atoms. The molecular weight excluding hydrogens is 270 g/mol. The second-order valence-electron chi connectivity index (χ2n) is 3.27.